The van der Waals surface area contributed by atoms with Gasteiger partial charge in [0.25, 0.3) is 0 Å². The Morgan fingerprint density at radius 1 is 1.21 bits per heavy atom. The predicted octanol–water partition coefficient (Wildman–Crippen LogP) is 3.26. The molecule has 0 saturated carbocycles. The predicted molar refractivity (Wildman–Crippen MR) is 84.4 cm³/mol. The summed E-state index contributed by atoms with van der Waals surface area (Å²) in [6, 6.07) is 3.07. The summed E-state index contributed by atoms with van der Waals surface area (Å²) < 4.78 is 65.7. The fourth-order valence-electron chi connectivity index (χ4n) is 3.57. The van der Waals surface area contributed by atoms with Crippen LogP contribution in [-0.4, -0.2) is 37.9 Å². The van der Waals surface area contributed by atoms with Gasteiger partial charge in [-0.25, -0.2) is 8.42 Å². The van der Waals surface area contributed by atoms with E-state index in [0.717, 1.165) is 25.0 Å². The van der Waals surface area contributed by atoms with Gasteiger partial charge >= 0.3 is 6.18 Å². The molecule has 0 spiro atoms. The highest BCUT2D eigenvalue weighted by Gasteiger charge is 2.40. The fraction of sp³-hybridized carbons (Fsp3) is 0.600. The minimum atomic E-state index is -4.70. The Bertz CT molecular complexity index is 727. The number of fused-ring (bicyclic) bond motifs is 2. The third-order valence-electron chi connectivity index (χ3n) is 4.88. The summed E-state index contributed by atoms with van der Waals surface area (Å²) in [7, 11) is -2.57. The molecule has 2 unspecified atom stereocenters. The fourth-order valence-corrected chi connectivity index (χ4v) is 5.20. The van der Waals surface area contributed by atoms with Gasteiger partial charge in [0.05, 0.1) is 15.5 Å². The van der Waals surface area contributed by atoms with Crippen LogP contribution < -0.4 is 5.32 Å². The van der Waals surface area contributed by atoms with Crippen LogP contribution in [0.5, 0.6) is 0 Å². The summed E-state index contributed by atoms with van der Waals surface area (Å²) in [4.78, 5) is -0.382. The molecule has 2 saturated heterocycles. The van der Waals surface area contributed by atoms with Gasteiger partial charge in [0.15, 0.2) is 0 Å². The molecule has 2 aliphatic rings. The smallest absolute Gasteiger partial charge is 0.311 e. The molecule has 2 bridgehead atoms. The Hall–Kier alpha value is -0.830. The van der Waals surface area contributed by atoms with E-state index in [-0.39, 0.29) is 23.0 Å². The molecule has 0 amide bonds. The maximum absolute atomic E-state index is 13.0. The molecule has 2 aliphatic heterocycles. The molecular formula is C15H18ClF3N2O2S. The highest BCUT2D eigenvalue weighted by molar-refractivity contribution is 7.89. The van der Waals surface area contributed by atoms with Crippen molar-refractivity contribution in [3.8, 4) is 0 Å². The molecule has 9 heteroatoms. The molecule has 2 atom stereocenters. The number of sulfonamides is 1. The lowest BCUT2D eigenvalue weighted by molar-refractivity contribution is -0.137. The van der Waals surface area contributed by atoms with Crippen LogP contribution in [0.4, 0.5) is 13.2 Å². The monoisotopic (exact) mass is 382 g/mol. The third-order valence-corrected chi connectivity index (χ3v) is 7.12. The quantitative estimate of drug-likeness (QED) is 0.873. The van der Waals surface area contributed by atoms with Gasteiger partial charge in [0.2, 0.25) is 10.0 Å². The standard InChI is InChI=1S/C15H18ClF3N2O2S/c1-21(11-6-9-2-3-10(7-11)20-9)24(22,23)12-4-5-14(16)13(8-12)15(17,18)19/h4-5,8-11,20H,2-3,6-7H2,1H3. The molecule has 2 fully saturated rings. The van der Waals surface area contributed by atoms with Crippen molar-refractivity contribution < 1.29 is 21.6 Å². The average Bonchev–Trinajstić information content (AvgIpc) is 2.83. The van der Waals surface area contributed by atoms with Crippen LogP contribution in [0.1, 0.15) is 31.2 Å². The Kier molecular flexibility index (Phi) is 4.61. The van der Waals surface area contributed by atoms with Gasteiger partial charge in [-0.15, -0.1) is 0 Å². The number of rotatable bonds is 3. The van der Waals surface area contributed by atoms with Crippen LogP contribution in [0.25, 0.3) is 0 Å². The summed E-state index contributed by atoms with van der Waals surface area (Å²) in [5.41, 5.74) is -1.14. The van der Waals surface area contributed by atoms with Crippen LogP contribution >= 0.6 is 11.6 Å². The molecule has 134 valence electrons. The molecule has 1 aromatic rings. The van der Waals surface area contributed by atoms with Crippen molar-refractivity contribution in [2.45, 2.75) is 54.9 Å². The molecule has 1 aromatic carbocycles. The van der Waals surface area contributed by atoms with E-state index in [9.17, 15) is 21.6 Å². The van der Waals surface area contributed by atoms with Crippen molar-refractivity contribution in [2.75, 3.05) is 7.05 Å². The third kappa shape index (κ3) is 3.29. The second-order valence-electron chi connectivity index (χ2n) is 6.42. The average molecular weight is 383 g/mol. The van der Waals surface area contributed by atoms with E-state index in [1.165, 1.54) is 11.4 Å². The molecule has 4 nitrogen and oxygen atoms in total. The number of hydrogen-bond acceptors (Lipinski definition) is 3. The number of nitrogens with one attached hydrogen (secondary N) is 1. The largest absolute Gasteiger partial charge is 0.417 e. The van der Waals surface area contributed by atoms with Gasteiger partial charge in [0, 0.05) is 25.2 Å². The van der Waals surface area contributed by atoms with Gasteiger partial charge in [-0.2, -0.15) is 17.5 Å². The van der Waals surface area contributed by atoms with E-state index in [2.05, 4.69) is 5.32 Å². The minimum absolute atomic E-state index is 0.209. The number of benzene rings is 1. The number of hydrogen-bond donors (Lipinski definition) is 1. The zero-order chi connectivity index (χ0) is 17.7. The zero-order valence-electron chi connectivity index (χ0n) is 13.0. The Morgan fingerprint density at radius 3 is 2.33 bits per heavy atom. The minimum Gasteiger partial charge on any atom is -0.311 e. The Morgan fingerprint density at radius 2 is 1.79 bits per heavy atom. The van der Waals surface area contributed by atoms with Gasteiger partial charge in [-0.3, -0.25) is 0 Å². The maximum Gasteiger partial charge on any atom is 0.417 e. The molecule has 3 rings (SSSR count). The molecule has 24 heavy (non-hydrogen) atoms. The van der Waals surface area contributed by atoms with Crippen molar-refractivity contribution in [1.82, 2.24) is 9.62 Å². The first kappa shape index (κ1) is 18.0. The number of halogens is 4. The summed E-state index contributed by atoms with van der Waals surface area (Å²) in [5.74, 6) is 0. The lowest BCUT2D eigenvalue weighted by Gasteiger charge is -2.34. The lowest BCUT2D eigenvalue weighted by Crippen LogP contribution is -2.48. The maximum atomic E-state index is 13.0. The first-order valence-electron chi connectivity index (χ1n) is 7.70. The van der Waals surface area contributed by atoms with Crippen LogP contribution in [0.3, 0.4) is 0 Å². The van der Waals surface area contributed by atoms with Crippen LogP contribution in [0.15, 0.2) is 23.1 Å². The summed E-state index contributed by atoms with van der Waals surface area (Å²) in [6.45, 7) is 0. The summed E-state index contributed by atoms with van der Waals surface area (Å²) in [5, 5.41) is 2.90. The number of nitrogens with zero attached hydrogens (tertiary/aromatic N) is 1. The van der Waals surface area contributed by atoms with Crippen molar-refractivity contribution in [3.63, 3.8) is 0 Å². The van der Waals surface area contributed by atoms with E-state index in [1.807, 2.05) is 0 Å². The van der Waals surface area contributed by atoms with E-state index >= 15 is 0 Å². The van der Waals surface area contributed by atoms with Crippen molar-refractivity contribution >= 4 is 21.6 Å². The second kappa shape index (κ2) is 6.16. The Balaban J connectivity index is 1.90. The van der Waals surface area contributed by atoms with Gasteiger partial charge in [0.1, 0.15) is 0 Å². The Labute approximate surface area is 144 Å². The van der Waals surface area contributed by atoms with Crippen molar-refractivity contribution in [3.05, 3.63) is 28.8 Å². The lowest BCUT2D eigenvalue weighted by atomic mass is 10.0. The molecule has 2 heterocycles. The molecular weight excluding hydrogens is 365 g/mol. The summed E-state index contributed by atoms with van der Waals surface area (Å²) in [6.07, 6.45) is -1.34. The van der Waals surface area contributed by atoms with Gasteiger partial charge in [-0.05, 0) is 43.9 Å². The van der Waals surface area contributed by atoms with Gasteiger partial charge < -0.3 is 5.32 Å². The number of alkyl halides is 3. The second-order valence-corrected chi connectivity index (χ2v) is 8.83. The van der Waals surface area contributed by atoms with E-state index in [0.29, 0.717) is 18.9 Å². The van der Waals surface area contributed by atoms with Crippen LogP contribution in [0, 0.1) is 0 Å². The highest BCUT2D eigenvalue weighted by atomic mass is 35.5. The molecule has 0 aliphatic carbocycles. The molecule has 0 radical (unpaired) electrons. The summed E-state index contributed by atoms with van der Waals surface area (Å²) >= 11 is 5.57. The van der Waals surface area contributed by atoms with Crippen molar-refractivity contribution in [1.29, 1.82) is 0 Å². The molecule has 1 N–H and O–H groups in total. The SMILES string of the molecule is CN(C1CC2CCC(C1)N2)S(=O)(=O)c1ccc(Cl)c(C(F)(F)F)c1. The first-order valence-corrected chi connectivity index (χ1v) is 9.51. The van der Waals surface area contributed by atoms with E-state index in [1.54, 1.807) is 0 Å². The zero-order valence-corrected chi connectivity index (χ0v) is 14.5. The van der Waals surface area contributed by atoms with E-state index < -0.39 is 26.8 Å². The highest BCUT2D eigenvalue weighted by Crippen LogP contribution is 2.37. The normalized spacial score (nSPS) is 27.7. The first-order chi connectivity index (χ1) is 11.1. The van der Waals surface area contributed by atoms with E-state index in [4.69, 9.17) is 11.6 Å². The van der Waals surface area contributed by atoms with Gasteiger partial charge in [-0.1, -0.05) is 11.6 Å². The molecule has 0 aromatic heterocycles. The van der Waals surface area contributed by atoms with Crippen molar-refractivity contribution in [2.24, 2.45) is 0 Å². The topological polar surface area (TPSA) is 49.4 Å². The number of piperidine rings is 1. The van der Waals surface area contributed by atoms with Crippen LogP contribution in [0.2, 0.25) is 5.02 Å². The van der Waals surface area contributed by atoms with Crippen LogP contribution in [-0.2, 0) is 16.2 Å².